The summed E-state index contributed by atoms with van der Waals surface area (Å²) < 4.78 is 0. The molecular formula is C17H27N. The van der Waals surface area contributed by atoms with Gasteiger partial charge in [0.1, 0.15) is 0 Å². The molecule has 1 N–H and O–H groups in total. The van der Waals surface area contributed by atoms with Crippen LogP contribution in [0.15, 0.2) is 30.3 Å². The second kappa shape index (κ2) is 6.94. The zero-order chi connectivity index (χ0) is 12.8. The molecule has 2 rings (SSSR count). The first kappa shape index (κ1) is 13.6. The summed E-state index contributed by atoms with van der Waals surface area (Å²) >= 11 is 0. The Kier molecular flexibility index (Phi) is 5.25. The van der Waals surface area contributed by atoms with Crippen LogP contribution in [0.3, 0.4) is 0 Å². The van der Waals surface area contributed by atoms with Gasteiger partial charge >= 0.3 is 0 Å². The molecule has 0 aliphatic heterocycles. The SMILES string of the molecule is CCC(C)CCC(CNC1CC1)c1ccccc1. The normalized spacial score (nSPS) is 18.6. The highest BCUT2D eigenvalue weighted by Crippen LogP contribution is 2.26. The third kappa shape index (κ3) is 4.45. The summed E-state index contributed by atoms with van der Waals surface area (Å²) in [5.74, 6) is 1.55. The number of nitrogens with one attached hydrogen (secondary N) is 1. The predicted molar refractivity (Wildman–Crippen MR) is 78.9 cm³/mol. The fourth-order valence-electron chi connectivity index (χ4n) is 2.40. The Labute approximate surface area is 112 Å². The van der Waals surface area contributed by atoms with E-state index < -0.39 is 0 Å². The number of hydrogen-bond acceptors (Lipinski definition) is 1. The lowest BCUT2D eigenvalue weighted by atomic mass is 9.90. The minimum Gasteiger partial charge on any atom is -0.313 e. The third-order valence-electron chi connectivity index (χ3n) is 4.21. The molecular weight excluding hydrogens is 218 g/mol. The topological polar surface area (TPSA) is 12.0 Å². The van der Waals surface area contributed by atoms with E-state index in [0.29, 0.717) is 5.92 Å². The van der Waals surface area contributed by atoms with Crippen molar-refractivity contribution in [3.63, 3.8) is 0 Å². The van der Waals surface area contributed by atoms with E-state index in [0.717, 1.165) is 18.5 Å². The highest BCUT2D eigenvalue weighted by Gasteiger charge is 2.22. The predicted octanol–water partition coefficient (Wildman–Crippen LogP) is 4.35. The summed E-state index contributed by atoms with van der Waals surface area (Å²) in [7, 11) is 0. The lowest BCUT2D eigenvalue weighted by Crippen LogP contribution is -2.24. The van der Waals surface area contributed by atoms with Gasteiger partial charge in [-0.1, -0.05) is 57.0 Å². The van der Waals surface area contributed by atoms with Gasteiger partial charge in [-0.05, 0) is 36.7 Å². The van der Waals surface area contributed by atoms with E-state index in [1.807, 2.05) is 0 Å². The molecule has 1 fully saturated rings. The molecule has 1 aromatic rings. The number of benzene rings is 1. The van der Waals surface area contributed by atoms with E-state index >= 15 is 0 Å². The monoisotopic (exact) mass is 245 g/mol. The maximum absolute atomic E-state index is 3.70. The highest BCUT2D eigenvalue weighted by molar-refractivity contribution is 5.20. The first-order valence-electron chi connectivity index (χ1n) is 7.58. The molecule has 0 heterocycles. The van der Waals surface area contributed by atoms with Crippen LogP contribution in [0.1, 0.15) is 57.4 Å². The van der Waals surface area contributed by atoms with E-state index in [-0.39, 0.29) is 0 Å². The molecule has 18 heavy (non-hydrogen) atoms. The lowest BCUT2D eigenvalue weighted by molar-refractivity contribution is 0.444. The number of hydrogen-bond donors (Lipinski definition) is 1. The van der Waals surface area contributed by atoms with E-state index in [4.69, 9.17) is 0 Å². The van der Waals surface area contributed by atoms with Crippen LogP contribution in [0, 0.1) is 5.92 Å². The van der Waals surface area contributed by atoms with Gasteiger partial charge in [0.2, 0.25) is 0 Å². The molecule has 0 aromatic heterocycles. The average Bonchev–Trinajstić information content (AvgIpc) is 3.23. The molecule has 1 aromatic carbocycles. The molecule has 2 atom stereocenters. The first-order valence-corrected chi connectivity index (χ1v) is 7.58. The van der Waals surface area contributed by atoms with Crippen molar-refractivity contribution in [1.82, 2.24) is 5.32 Å². The highest BCUT2D eigenvalue weighted by atomic mass is 14.9. The van der Waals surface area contributed by atoms with Gasteiger partial charge in [0.05, 0.1) is 0 Å². The Morgan fingerprint density at radius 1 is 1.17 bits per heavy atom. The van der Waals surface area contributed by atoms with Crippen molar-refractivity contribution in [2.45, 2.75) is 57.9 Å². The van der Waals surface area contributed by atoms with Gasteiger partial charge in [0, 0.05) is 12.6 Å². The zero-order valence-corrected chi connectivity index (χ0v) is 11.9. The lowest BCUT2D eigenvalue weighted by Gasteiger charge is -2.20. The Hall–Kier alpha value is -0.820. The van der Waals surface area contributed by atoms with Crippen LogP contribution in [0.25, 0.3) is 0 Å². The molecule has 0 radical (unpaired) electrons. The second-order valence-corrected chi connectivity index (χ2v) is 5.88. The molecule has 0 spiro atoms. The fourth-order valence-corrected chi connectivity index (χ4v) is 2.40. The van der Waals surface area contributed by atoms with Gasteiger partial charge in [0.15, 0.2) is 0 Å². The van der Waals surface area contributed by atoms with Gasteiger partial charge in [-0.3, -0.25) is 0 Å². The van der Waals surface area contributed by atoms with Crippen molar-refractivity contribution in [1.29, 1.82) is 0 Å². The molecule has 1 aliphatic rings. The summed E-state index contributed by atoms with van der Waals surface area (Å²) in [6.45, 7) is 5.83. The molecule has 2 unspecified atom stereocenters. The van der Waals surface area contributed by atoms with Crippen LogP contribution in [-0.4, -0.2) is 12.6 Å². The van der Waals surface area contributed by atoms with Crippen LogP contribution in [0.5, 0.6) is 0 Å². The zero-order valence-electron chi connectivity index (χ0n) is 11.9. The Morgan fingerprint density at radius 2 is 1.89 bits per heavy atom. The van der Waals surface area contributed by atoms with E-state index in [1.54, 1.807) is 0 Å². The smallest absolute Gasteiger partial charge is 0.00684 e. The van der Waals surface area contributed by atoms with Crippen LogP contribution < -0.4 is 5.32 Å². The summed E-state index contributed by atoms with van der Waals surface area (Å²) in [6, 6.07) is 11.8. The van der Waals surface area contributed by atoms with Gasteiger partial charge < -0.3 is 5.32 Å². The van der Waals surface area contributed by atoms with Crippen LogP contribution in [0.2, 0.25) is 0 Å². The molecule has 1 saturated carbocycles. The molecule has 1 aliphatic carbocycles. The van der Waals surface area contributed by atoms with Crippen molar-refractivity contribution >= 4 is 0 Å². The standard InChI is InChI=1S/C17H27N/c1-3-14(2)9-10-16(13-18-17-11-12-17)15-7-5-4-6-8-15/h4-8,14,16-18H,3,9-13H2,1-2H3. The third-order valence-corrected chi connectivity index (χ3v) is 4.21. The van der Waals surface area contributed by atoms with E-state index in [9.17, 15) is 0 Å². The van der Waals surface area contributed by atoms with Gasteiger partial charge in [-0.25, -0.2) is 0 Å². The first-order chi connectivity index (χ1) is 8.79. The minimum absolute atomic E-state index is 0.695. The van der Waals surface area contributed by atoms with Crippen molar-refractivity contribution in [3.05, 3.63) is 35.9 Å². The number of rotatable bonds is 8. The van der Waals surface area contributed by atoms with Crippen LogP contribution >= 0.6 is 0 Å². The molecule has 1 nitrogen and oxygen atoms in total. The molecule has 100 valence electrons. The maximum atomic E-state index is 3.70. The molecule has 0 bridgehead atoms. The van der Waals surface area contributed by atoms with Crippen molar-refractivity contribution in [3.8, 4) is 0 Å². The molecule has 1 heteroatoms. The fraction of sp³-hybridized carbons (Fsp3) is 0.647. The van der Waals surface area contributed by atoms with Crippen molar-refractivity contribution in [2.75, 3.05) is 6.54 Å². The molecule has 0 saturated heterocycles. The summed E-state index contributed by atoms with van der Waals surface area (Å²) in [6.07, 6.45) is 6.73. The van der Waals surface area contributed by atoms with Gasteiger partial charge in [-0.2, -0.15) is 0 Å². The van der Waals surface area contributed by atoms with E-state index in [2.05, 4.69) is 49.5 Å². The van der Waals surface area contributed by atoms with Crippen molar-refractivity contribution < 1.29 is 0 Å². The minimum atomic E-state index is 0.695. The van der Waals surface area contributed by atoms with Crippen LogP contribution in [-0.2, 0) is 0 Å². The van der Waals surface area contributed by atoms with Crippen molar-refractivity contribution in [2.24, 2.45) is 5.92 Å². The van der Waals surface area contributed by atoms with E-state index in [1.165, 1.54) is 37.7 Å². The summed E-state index contributed by atoms with van der Waals surface area (Å²) in [5.41, 5.74) is 1.51. The van der Waals surface area contributed by atoms with Gasteiger partial charge in [-0.15, -0.1) is 0 Å². The average molecular weight is 245 g/mol. The Balaban J connectivity index is 1.88. The largest absolute Gasteiger partial charge is 0.313 e. The second-order valence-electron chi connectivity index (χ2n) is 5.88. The maximum Gasteiger partial charge on any atom is 0.00684 e. The Morgan fingerprint density at radius 3 is 2.50 bits per heavy atom. The quantitative estimate of drug-likeness (QED) is 0.718. The van der Waals surface area contributed by atoms with Crippen LogP contribution in [0.4, 0.5) is 0 Å². The molecule has 0 amide bonds. The summed E-state index contributed by atoms with van der Waals surface area (Å²) in [4.78, 5) is 0. The Bertz CT molecular complexity index is 329. The summed E-state index contributed by atoms with van der Waals surface area (Å²) in [5, 5.41) is 3.70. The van der Waals surface area contributed by atoms with Gasteiger partial charge in [0.25, 0.3) is 0 Å².